The van der Waals surface area contributed by atoms with Gasteiger partial charge in [-0.2, -0.15) is 0 Å². The lowest BCUT2D eigenvalue weighted by Crippen LogP contribution is -2.13. The number of hydrogen-bond donors (Lipinski definition) is 0. The fraction of sp³-hybridized carbons (Fsp3) is 0.704. The topological polar surface area (TPSA) is 18.5 Å². The van der Waals surface area contributed by atoms with Gasteiger partial charge in [-0.3, -0.25) is 0 Å². The lowest BCUT2D eigenvalue weighted by molar-refractivity contribution is 0.288. The van der Waals surface area contributed by atoms with Gasteiger partial charge in [0.25, 0.3) is 0 Å². The maximum Gasteiger partial charge on any atom is 0.120 e. The molecule has 0 amide bonds. The van der Waals surface area contributed by atoms with Crippen molar-refractivity contribution in [3.8, 4) is 11.5 Å². The number of hydrogen-bond acceptors (Lipinski definition) is 2. The summed E-state index contributed by atoms with van der Waals surface area (Å²) in [6, 6.07) is 8.07. The van der Waals surface area contributed by atoms with Gasteiger partial charge in [0, 0.05) is 0 Å². The van der Waals surface area contributed by atoms with Crippen molar-refractivity contribution in [1.82, 2.24) is 0 Å². The first-order chi connectivity index (χ1) is 14.3. The molecule has 2 heteroatoms. The molecule has 0 N–H and O–H groups in total. The van der Waals surface area contributed by atoms with Crippen LogP contribution < -0.4 is 9.47 Å². The number of rotatable bonds is 15. The smallest absolute Gasteiger partial charge is 0.120 e. The third kappa shape index (κ3) is 10.8. The molecule has 0 spiro atoms. The van der Waals surface area contributed by atoms with Crippen molar-refractivity contribution < 1.29 is 9.47 Å². The van der Waals surface area contributed by atoms with E-state index < -0.39 is 0 Å². The Bertz CT molecular complexity index is 526. The Morgan fingerprint density at radius 1 is 0.759 bits per heavy atom. The van der Waals surface area contributed by atoms with Crippen LogP contribution in [0, 0.1) is 11.8 Å². The highest BCUT2D eigenvalue weighted by Crippen LogP contribution is 2.32. The Morgan fingerprint density at radius 3 is 2.07 bits per heavy atom. The van der Waals surface area contributed by atoms with Gasteiger partial charge in [-0.1, -0.05) is 77.4 Å². The van der Waals surface area contributed by atoms with Crippen LogP contribution in [0.25, 0.3) is 0 Å². The second-order valence-corrected chi connectivity index (χ2v) is 8.75. The summed E-state index contributed by atoms with van der Waals surface area (Å²) in [6.45, 7) is 6.01. The van der Waals surface area contributed by atoms with Crippen molar-refractivity contribution in [2.24, 2.45) is 11.8 Å². The van der Waals surface area contributed by atoms with E-state index in [2.05, 4.69) is 26.0 Å². The molecular formula is C27H44O2. The van der Waals surface area contributed by atoms with Crippen LogP contribution in [0.2, 0.25) is 0 Å². The second kappa shape index (κ2) is 15.4. The van der Waals surface area contributed by atoms with E-state index in [1.165, 1.54) is 77.0 Å². The first-order valence-electron chi connectivity index (χ1n) is 12.3. The van der Waals surface area contributed by atoms with Gasteiger partial charge in [0.05, 0.1) is 6.61 Å². The third-order valence-corrected chi connectivity index (χ3v) is 6.20. The summed E-state index contributed by atoms with van der Waals surface area (Å²) in [7, 11) is 0. The van der Waals surface area contributed by atoms with Crippen LogP contribution in [0.15, 0.2) is 36.4 Å². The first-order valence-corrected chi connectivity index (χ1v) is 12.3. The molecule has 0 aromatic heterocycles. The lowest BCUT2D eigenvalue weighted by Gasteiger charge is -2.26. The Kier molecular flexibility index (Phi) is 12.7. The molecule has 1 aromatic rings. The summed E-state index contributed by atoms with van der Waals surface area (Å²) in [5.74, 6) is 3.61. The van der Waals surface area contributed by atoms with Crippen molar-refractivity contribution in [1.29, 1.82) is 0 Å². The molecule has 0 aliphatic heterocycles. The predicted octanol–water partition coefficient (Wildman–Crippen LogP) is 8.36. The van der Waals surface area contributed by atoms with E-state index in [9.17, 15) is 0 Å². The Labute approximate surface area is 180 Å². The zero-order chi connectivity index (χ0) is 20.6. The minimum Gasteiger partial charge on any atom is -0.494 e. The van der Waals surface area contributed by atoms with Crippen molar-refractivity contribution >= 4 is 0 Å². The van der Waals surface area contributed by atoms with Gasteiger partial charge < -0.3 is 9.47 Å². The van der Waals surface area contributed by atoms with Crippen LogP contribution in [-0.2, 0) is 0 Å². The van der Waals surface area contributed by atoms with Gasteiger partial charge >= 0.3 is 0 Å². The first kappa shape index (κ1) is 23.8. The van der Waals surface area contributed by atoms with Crippen molar-refractivity contribution in [3.63, 3.8) is 0 Å². The highest BCUT2D eigenvalue weighted by molar-refractivity contribution is 5.31. The molecule has 2 nitrogen and oxygen atoms in total. The molecule has 1 saturated carbocycles. The van der Waals surface area contributed by atoms with Crippen molar-refractivity contribution in [3.05, 3.63) is 36.4 Å². The molecule has 0 saturated heterocycles. The van der Waals surface area contributed by atoms with Gasteiger partial charge in [-0.25, -0.2) is 0 Å². The van der Waals surface area contributed by atoms with Crippen LogP contribution in [0.4, 0.5) is 0 Å². The van der Waals surface area contributed by atoms with Crippen molar-refractivity contribution in [2.45, 2.75) is 97.3 Å². The number of ether oxygens (including phenoxy) is 2. The van der Waals surface area contributed by atoms with Gasteiger partial charge in [0.2, 0.25) is 0 Å². The molecule has 1 aliphatic carbocycles. The summed E-state index contributed by atoms with van der Waals surface area (Å²) in [5, 5.41) is 0. The summed E-state index contributed by atoms with van der Waals surface area (Å²) in [4.78, 5) is 0. The minimum absolute atomic E-state index is 0.661. The Balaban J connectivity index is 1.55. The quantitative estimate of drug-likeness (QED) is 0.217. The third-order valence-electron chi connectivity index (χ3n) is 6.20. The molecule has 0 atom stereocenters. The van der Waals surface area contributed by atoms with Crippen LogP contribution in [-0.4, -0.2) is 13.2 Å². The van der Waals surface area contributed by atoms with Gasteiger partial charge in [0.1, 0.15) is 18.1 Å². The van der Waals surface area contributed by atoms with Crippen LogP contribution in [0.5, 0.6) is 11.5 Å². The monoisotopic (exact) mass is 400 g/mol. The van der Waals surface area contributed by atoms with E-state index in [0.29, 0.717) is 6.61 Å². The summed E-state index contributed by atoms with van der Waals surface area (Å²) in [5.41, 5.74) is 0. The summed E-state index contributed by atoms with van der Waals surface area (Å²) < 4.78 is 11.7. The van der Waals surface area contributed by atoms with Crippen LogP contribution in [0.3, 0.4) is 0 Å². The molecule has 1 fully saturated rings. The lowest BCUT2D eigenvalue weighted by atomic mass is 9.79. The maximum absolute atomic E-state index is 5.87. The fourth-order valence-corrected chi connectivity index (χ4v) is 4.27. The Morgan fingerprint density at radius 2 is 1.38 bits per heavy atom. The largest absolute Gasteiger partial charge is 0.494 e. The number of allylic oxidation sites excluding steroid dienone is 1. The predicted molar refractivity (Wildman–Crippen MR) is 125 cm³/mol. The molecule has 164 valence electrons. The molecule has 1 aliphatic rings. The zero-order valence-electron chi connectivity index (χ0n) is 19.0. The average Bonchev–Trinajstić information content (AvgIpc) is 2.76. The fourth-order valence-electron chi connectivity index (χ4n) is 4.27. The summed E-state index contributed by atoms with van der Waals surface area (Å²) >= 11 is 0. The minimum atomic E-state index is 0.661. The van der Waals surface area contributed by atoms with E-state index in [4.69, 9.17) is 9.47 Å². The molecule has 2 rings (SSSR count). The summed E-state index contributed by atoms with van der Waals surface area (Å²) in [6.07, 6.45) is 22.1. The second-order valence-electron chi connectivity index (χ2n) is 8.75. The van der Waals surface area contributed by atoms with E-state index in [1.54, 1.807) is 0 Å². The Hall–Kier alpha value is -1.44. The van der Waals surface area contributed by atoms with Gasteiger partial charge in [-0.05, 0) is 68.2 Å². The van der Waals surface area contributed by atoms with Crippen molar-refractivity contribution in [2.75, 3.05) is 13.2 Å². The molecule has 0 heterocycles. The van der Waals surface area contributed by atoms with E-state index in [-0.39, 0.29) is 0 Å². The van der Waals surface area contributed by atoms with E-state index in [1.807, 2.05) is 24.3 Å². The SMILES string of the molecule is CCCCCCCOc1ccc(OC/C=C/[C@H]2CC[C@H](CCCCC)CC2)cc1. The molecule has 0 bridgehead atoms. The number of unbranched alkanes of at least 4 members (excludes halogenated alkanes) is 6. The van der Waals surface area contributed by atoms with E-state index in [0.717, 1.165) is 36.4 Å². The highest BCUT2D eigenvalue weighted by atomic mass is 16.5. The molecule has 0 unspecified atom stereocenters. The normalized spacial score (nSPS) is 19.5. The molecular weight excluding hydrogens is 356 g/mol. The molecule has 29 heavy (non-hydrogen) atoms. The average molecular weight is 401 g/mol. The standard InChI is InChI=1S/C27H44O2/c1-3-5-7-8-10-22-28-26-18-20-27(21-19-26)29-23-11-13-25-16-14-24(15-17-25)12-9-6-4-2/h11,13,18-21,24-25H,3-10,12,14-17,22-23H2,1-2H3/b13-11+/t24-,25-. The maximum atomic E-state index is 5.87. The van der Waals surface area contributed by atoms with Crippen LogP contribution >= 0.6 is 0 Å². The van der Waals surface area contributed by atoms with Gasteiger partial charge in [0.15, 0.2) is 0 Å². The highest BCUT2D eigenvalue weighted by Gasteiger charge is 2.18. The van der Waals surface area contributed by atoms with E-state index >= 15 is 0 Å². The van der Waals surface area contributed by atoms with Crippen LogP contribution in [0.1, 0.15) is 97.3 Å². The van der Waals surface area contributed by atoms with Gasteiger partial charge in [-0.15, -0.1) is 0 Å². The molecule has 0 radical (unpaired) electrons. The zero-order valence-corrected chi connectivity index (χ0v) is 19.0. The number of benzene rings is 1. The molecule has 1 aromatic carbocycles.